The van der Waals surface area contributed by atoms with E-state index >= 15 is 0 Å². The summed E-state index contributed by atoms with van der Waals surface area (Å²) in [5.74, 6) is -1.52. The molecule has 0 rings (SSSR count). The summed E-state index contributed by atoms with van der Waals surface area (Å²) in [7, 11) is -4.77. The number of ether oxygens (including phenoxy) is 3. The van der Waals surface area contributed by atoms with E-state index < -0.39 is 57.8 Å². The number of unbranched alkanes of at least 4 members (excludes halogenated alkanes) is 22. The number of esters is 3. The van der Waals surface area contributed by atoms with Crippen molar-refractivity contribution in [1.82, 2.24) is 0 Å². The van der Waals surface area contributed by atoms with Crippen LogP contribution in [0.2, 0.25) is 0 Å². The fourth-order valence-electron chi connectivity index (χ4n) is 7.94. The van der Waals surface area contributed by atoms with Crippen molar-refractivity contribution in [3.8, 4) is 0 Å². The smallest absolute Gasteiger partial charge is 0.462 e. The molecule has 3 unspecified atom stereocenters. The van der Waals surface area contributed by atoms with E-state index in [0.717, 1.165) is 128 Å². The molecule has 0 radical (unpaired) electrons. The Morgan fingerprint density at radius 1 is 0.382 bits per heavy atom. The molecule has 2 N–H and O–H groups in total. The van der Waals surface area contributed by atoms with Crippen LogP contribution >= 0.6 is 7.82 Å². The lowest BCUT2D eigenvalue weighted by molar-refractivity contribution is -0.161. The molecule has 0 saturated carbocycles. The lowest BCUT2D eigenvalue weighted by Crippen LogP contribution is -2.30. The molecule has 0 spiro atoms. The molecular formula is C64H109O11P. The van der Waals surface area contributed by atoms with Gasteiger partial charge >= 0.3 is 25.7 Å². The third kappa shape index (κ3) is 55.2. The molecule has 76 heavy (non-hydrogen) atoms. The fourth-order valence-corrected chi connectivity index (χ4v) is 8.73. The molecule has 0 aromatic heterocycles. The lowest BCUT2D eigenvalue weighted by atomic mass is 10.1. The molecule has 0 aromatic carbocycles. The predicted octanol–water partition coefficient (Wildman–Crippen LogP) is 18.0. The van der Waals surface area contributed by atoms with Gasteiger partial charge in [0.2, 0.25) is 0 Å². The van der Waals surface area contributed by atoms with E-state index in [1.54, 1.807) is 0 Å². The Bertz CT molecular complexity index is 1640. The van der Waals surface area contributed by atoms with E-state index in [4.69, 9.17) is 23.3 Å². The van der Waals surface area contributed by atoms with Crippen molar-refractivity contribution in [3.05, 3.63) is 97.2 Å². The van der Waals surface area contributed by atoms with Crippen LogP contribution in [0.15, 0.2) is 97.2 Å². The van der Waals surface area contributed by atoms with Crippen LogP contribution < -0.4 is 0 Å². The number of hydrogen-bond donors (Lipinski definition) is 2. The maximum Gasteiger partial charge on any atom is 0.472 e. The largest absolute Gasteiger partial charge is 0.472 e. The van der Waals surface area contributed by atoms with Gasteiger partial charge in [-0.3, -0.25) is 23.4 Å². The summed E-state index contributed by atoms with van der Waals surface area (Å²) in [5.41, 5.74) is 0. The fraction of sp³-hybridized carbons (Fsp3) is 0.703. The van der Waals surface area contributed by atoms with Crippen molar-refractivity contribution in [2.24, 2.45) is 0 Å². The third-order valence-corrected chi connectivity index (χ3v) is 13.4. The van der Waals surface area contributed by atoms with Gasteiger partial charge in [0.1, 0.15) is 12.7 Å². The Balaban J connectivity index is 4.78. The Morgan fingerprint density at radius 3 is 1.08 bits per heavy atom. The van der Waals surface area contributed by atoms with Gasteiger partial charge in [-0.25, -0.2) is 4.57 Å². The standard InChI is InChI=1S/C64H109O11P/c1-4-7-10-13-16-19-22-25-27-29-30-32-34-37-40-43-46-49-52-55-64(68)75-61(57-71-62(66)53-50-47-44-41-38-36-33-31-28-26-23-20-17-14-11-8-5-2)59-73-76(69,70)72-58-60(56-65)74-63(67)54-51-48-45-42-39-35-24-21-18-15-12-9-6-3/h7,9-10,12,16,18-19,21,25-28,30,32,35,39,60-61,65H,4-6,8,11,13-15,17,20,22-24,29,31,33-34,36-38,40-59H2,1-3H3,(H,69,70)/b10-7-,12-9-,19-16-,21-18-,27-25-,28-26-,32-30-,39-35-. The van der Waals surface area contributed by atoms with Crippen molar-refractivity contribution in [1.29, 1.82) is 0 Å². The van der Waals surface area contributed by atoms with Crippen LogP contribution in [-0.4, -0.2) is 66.5 Å². The molecule has 0 aliphatic rings. The summed E-state index contributed by atoms with van der Waals surface area (Å²) < 4.78 is 39.5. The molecule has 0 fully saturated rings. The quantitative estimate of drug-likeness (QED) is 0.0197. The van der Waals surface area contributed by atoms with E-state index in [-0.39, 0.29) is 25.9 Å². The minimum Gasteiger partial charge on any atom is -0.462 e. The molecule has 0 aromatic rings. The highest BCUT2D eigenvalue weighted by atomic mass is 31.2. The first-order chi connectivity index (χ1) is 37.2. The molecular weight excluding hydrogens is 976 g/mol. The van der Waals surface area contributed by atoms with Crippen LogP contribution in [0.5, 0.6) is 0 Å². The normalized spacial score (nSPS) is 14.0. The topological polar surface area (TPSA) is 155 Å². The number of phosphoric ester groups is 1. The zero-order valence-electron chi connectivity index (χ0n) is 48.2. The van der Waals surface area contributed by atoms with Gasteiger partial charge < -0.3 is 24.2 Å². The first-order valence-corrected chi connectivity index (χ1v) is 31.6. The highest BCUT2D eigenvalue weighted by molar-refractivity contribution is 7.47. The second kappa shape index (κ2) is 57.6. The highest BCUT2D eigenvalue weighted by Crippen LogP contribution is 2.43. The monoisotopic (exact) mass is 1080 g/mol. The summed E-state index contributed by atoms with van der Waals surface area (Å²) in [6.07, 6.45) is 67.9. The maximum atomic E-state index is 12.9. The molecule has 12 heteroatoms. The van der Waals surface area contributed by atoms with Crippen LogP contribution in [0.3, 0.4) is 0 Å². The van der Waals surface area contributed by atoms with Crippen molar-refractivity contribution >= 4 is 25.7 Å². The maximum absolute atomic E-state index is 12.9. The molecule has 436 valence electrons. The van der Waals surface area contributed by atoms with Crippen LogP contribution in [0.25, 0.3) is 0 Å². The van der Waals surface area contributed by atoms with Crippen molar-refractivity contribution in [2.75, 3.05) is 26.4 Å². The van der Waals surface area contributed by atoms with Crippen molar-refractivity contribution in [2.45, 2.75) is 264 Å². The number of rotatable bonds is 55. The average Bonchev–Trinajstić information content (AvgIpc) is 3.41. The van der Waals surface area contributed by atoms with Gasteiger partial charge in [-0.15, -0.1) is 0 Å². The summed E-state index contributed by atoms with van der Waals surface area (Å²) in [4.78, 5) is 48.6. The molecule has 3 atom stereocenters. The second-order valence-corrected chi connectivity index (χ2v) is 21.2. The lowest BCUT2D eigenvalue weighted by Gasteiger charge is -2.21. The minimum atomic E-state index is -4.77. The number of carbonyl (C=O) groups is 3. The molecule has 0 aliphatic carbocycles. The van der Waals surface area contributed by atoms with Gasteiger partial charge in [-0.05, 0) is 116 Å². The Morgan fingerprint density at radius 2 is 0.684 bits per heavy atom. The number of carbonyl (C=O) groups excluding carboxylic acids is 3. The van der Waals surface area contributed by atoms with E-state index in [1.807, 2.05) is 0 Å². The Labute approximate surface area is 463 Å². The Kier molecular flexibility index (Phi) is 54.8. The number of hydrogen-bond acceptors (Lipinski definition) is 10. The van der Waals surface area contributed by atoms with Gasteiger partial charge in [0, 0.05) is 19.3 Å². The zero-order valence-corrected chi connectivity index (χ0v) is 49.1. The van der Waals surface area contributed by atoms with Crippen molar-refractivity contribution < 1.29 is 52.2 Å². The number of phosphoric acid groups is 1. The Hall–Kier alpha value is -3.60. The predicted molar refractivity (Wildman–Crippen MR) is 316 cm³/mol. The van der Waals surface area contributed by atoms with Crippen LogP contribution in [-0.2, 0) is 42.2 Å². The van der Waals surface area contributed by atoms with Crippen LogP contribution in [0.1, 0.15) is 252 Å². The highest BCUT2D eigenvalue weighted by Gasteiger charge is 2.28. The molecule has 0 amide bonds. The molecule has 0 aliphatic heterocycles. The van der Waals surface area contributed by atoms with Gasteiger partial charge in [0.25, 0.3) is 0 Å². The van der Waals surface area contributed by atoms with Gasteiger partial charge in [-0.2, -0.15) is 0 Å². The van der Waals surface area contributed by atoms with E-state index in [1.165, 1.54) is 64.2 Å². The van der Waals surface area contributed by atoms with E-state index in [2.05, 4.69) is 118 Å². The first kappa shape index (κ1) is 72.4. The second-order valence-electron chi connectivity index (χ2n) is 19.7. The number of aliphatic hydroxyl groups is 1. The van der Waals surface area contributed by atoms with Crippen LogP contribution in [0, 0.1) is 0 Å². The van der Waals surface area contributed by atoms with Gasteiger partial charge in [-0.1, -0.05) is 214 Å². The van der Waals surface area contributed by atoms with E-state index in [9.17, 15) is 28.9 Å². The number of allylic oxidation sites excluding steroid dienone is 16. The zero-order chi connectivity index (χ0) is 55.5. The molecule has 0 heterocycles. The van der Waals surface area contributed by atoms with Crippen LogP contribution in [0.4, 0.5) is 0 Å². The SMILES string of the molecule is CC/C=C\C/C=C\C/C=C\C/C=C\CCCCCCCCC(=O)OC(COC(=O)CCCCCCCCC/C=C\CCCCCCCC)COP(=O)(O)OCC(CO)OC(=O)CCCCC/C=C\C/C=C\C/C=C\CC. The molecule has 0 saturated heterocycles. The first-order valence-electron chi connectivity index (χ1n) is 30.1. The summed E-state index contributed by atoms with van der Waals surface area (Å²) in [6, 6.07) is 0. The molecule has 0 bridgehead atoms. The molecule has 11 nitrogen and oxygen atoms in total. The van der Waals surface area contributed by atoms with Crippen molar-refractivity contribution in [3.63, 3.8) is 0 Å². The summed E-state index contributed by atoms with van der Waals surface area (Å²) in [5, 5.41) is 9.81. The minimum absolute atomic E-state index is 0.137. The average molecular weight is 1090 g/mol. The third-order valence-electron chi connectivity index (χ3n) is 12.5. The summed E-state index contributed by atoms with van der Waals surface area (Å²) >= 11 is 0. The summed E-state index contributed by atoms with van der Waals surface area (Å²) in [6.45, 7) is 4.37. The number of aliphatic hydroxyl groups excluding tert-OH is 1. The van der Waals surface area contributed by atoms with Gasteiger partial charge in [0.15, 0.2) is 6.10 Å². The van der Waals surface area contributed by atoms with E-state index in [0.29, 0.717) is 19.3 Å². The van der Waals surface area contributed by atoms with Gasteiger partial charge in [0.05, 0.1) is 19.8 Å².